The van der Waals surface area contributed by atoms with E-state index in [0.29, 0.717) is 11.4 Å². The summed E-state index contributed by atoms with van der Waals surface area (Å²) in [6, 6.07) is 22.5. The maximum Gasteiger partial charge on any atom is 0.123 e. The summed E-state index contributed by atoms with van der Waals surface area (Å²) in [7, 11) is -1.06. The van der Waals surface area contributed by atoms with Crippen molar-refractivity contribution in [2.24, 2.45) is 0 Å². The summed E-state index contributed by atoms with van der Waals surface area (Å²) in [5, 5.41) is 0.996. The first-order valence-electron chi connectivity index (χ1n) is 11.2. The smallest absolute Gasteiger partial charge is 0.123 e. The molecule has 0 saturated heterocycles. The van der Waals surface area contributed by atoms with Crippen LogP contribution in [-0.2, 0) is 15.5 Å². The van der Waals surface area contributed by atoms with Gasteiger partial charge in [0.1, 0.15) is 5.82 Å². The molecular formula is C29H24FN3OS. The van der Waals surface area contributed by atoms with E-state index in [1.165, 1.54) is 12.1 Å². The van der Waals surface area contributed by atoms with Crippen LogP contribution in [0.3, 0.4) is 0 Å². The standard InChI is InChI=1S/C29H24FN3OS/c1-29(2,35(3)34)23-17-22-8-5-13-31-26(22)25(18-23)20-6-4-7-21(16-20)28-27(32-14-15-33-28)19-9-11-24(30)12-10-19/h4-18H,1-3H3. The van der Waals surface area contributed by atoms with Crippen LogP contribution in [0.25, 0.3) is 44.5 Å². The van der Waals surface area contributed by atoms with Crippen LogP contribution < -0.4 is 0 Å². The molecule has 4 nitrogen and oxygen atoms in total. The van der Waals surface area contributed by atoms with Crippen LogP contribution in [0.15, 0.2) is 91.4 Å². The monoisotopic (exact) mass is 481 g/mol. The summed E-state index contributed by atoms with van der Waals surface area (Å²) < 4.78 is 25.5. The molecular weight excluding hydrogens is 457 g/mol. The van der Waals surface area contributed by atoms with Gasteiger partial charge in [-0.1, -0.05) is 24.3 Å². The Bertz CT molecular complexity index is 1560. The molecule has 5 aromatic rings. The zero-order valence-electron chi connectivity index (χ0n) is 19.7. The van der Waals surface area contributed by atoms with Gasteiger partial charge < -0.3 is 0 Å². The van der Waals surface area contributed by atoms with Crippen molar-refractivity contribution in [1.82, 2.24) is 15.0 Å². The quantitative estimate of drug-likeness (QED) is 0.278. The van der Waals surface area contributed by atoms with E-state index in [1.54, 1.807) is 37.0 Å². The van der Waals surface area contributed by atoms with Gasteiger partial charge in [-0.3, -0.25) is 19.2 Å². The maximum absolute atomic E-state index is 13.5. The van der Waals surface area contributed by atoms with Crippen LogP contribution in [-0.4, -0.2) is 25.4 Å². The molecule has 0 aliphatic heterocycles. The second-order valence-electron chi connectivity index (χ2n) is 8.90. The number of aromatic nitrogens is 3. The molecule has 1 unspecified atom stereocenters. The van der Waals surface area contributed by atoms with Crippen LogP contribution in [0, 0.1) is 5.82 Å². The van der Waals surface area contributed by atoms with Gasteiger partial charge in [-0.25, -0.2) is 4.39 Å². The van der Waals surface area contributed by atoms with Crippen LogP contribution >= 0.6 is 0 Å². The molecule has 0 bridgehead atoms. The average Bonchev–Trinajstić information content (AvgIpc) is 2.88. The molecule has 5 rings (SSSR count). The number of halogens is 1. The summed E-state index contributed by atoms with van der Waals surface area (Å²) >= 11 is 0. The van der Waals surface area contributed by atoms with E-state index in [-0.39, 0.29) is 5.82 Å². The van der Waals surface area contributed by atoms with Gasteiger partial charge in [0, 0.05) is 57.7 Å². The van der Waals surface area contributed by atoms with Crippen LogP contribution in [0.1, 0.15) is 19.4 Å². The normalized spacial score (nSPS) is 12.6. The number of benzene rings is 3. The topological polar surface area (TPSA) is 55.7 Å². The van der Waals surface area contributed by atoms with E-state index in [2.05, 4.69) is 33.2 Å². The number of hydrogen-bond donors (Lipinski definition) is 0. The molecule has 6 heteroatoms. The molecule has 0 spiro atoms. The molecule has 0 N–H and O–H groups in total. The lowest BCUT2D eigenvalue weighted by Gasteiger charge is -2.24. The molecule has 0 radical (unpaired) electrons. The van der Waals surface area contributed by atoms with Gasteiger partial charge in [0.25, 0.3) is 0 Å². The van der Waals surface area contributed by atoms with Crippen molar-refractivity contribution >= 4 is 21.7 Å². The third-order valence-electron chi connectivity index (χ3n) is 6.38. The minimum absolute atomic E-state index is 0.295. The lowest BCUT2D eigenvalue weighted by molar-refractivity contribution is 0.628. The van der Waals surface area contributed by atoms with E-state index in [1.807, 2.05) is 44.2 Å². The average molecular weight is 482 g/mol. The Morgan fingerprint density at radius 3 is 2.14 bits per heavy atom. The molecule has 0 fully saturated rings. The molecule has 174 valence electrons. The Labute approximate surface area is 206 Å². The van der Waals surface area contributed by atoms with Gasteiger partial charge in [-0.2, -0.15) is 0 Å². The van der Waals surface area contributed by atoms with Crippen molar-refractivity contribution in [3.63, 3.8) is 0 Å². The summed E-state index contributed by atoms with van der Waals surface area (Å²) in [5.41, 5.74) is 6.89. The number of hydrogen-bond acceptors (Lipinski definition) is 4. The predicted octanol–water partition coefficient (Wildman–Crippen LogP) is 6.78. The fraction of sp³-hybridized carbons (Fsp3) is 0.138. The first kappa shape index (κ1) is 23.0. The van der Waals surface area contributed by atoms with Gasteiger partial charge in [-0.05, 0) is 73.5 Å². The highest BCUT2D eigenvalue weighted by Crippen LogP contribution is 2.37. The molecule has 2 heterocycles. The number of nitrogens with zero attached hydrogens (tertiary/aromatic N) is 3. The second kappa shape index (κ2) is 9.12. The Hall–Kier alpha value is -3.77. The van der Waals surface area contributed by atoms with Gasteiger partial charge >= 0.3 is 0 Å². The molecule has 35 heavy (non-hydrogen) atoms. The van der Waals surface area contributed by atoms with E-state index in [4.69, 9.17) is 0 Å². The molecule has 2 aromatic heterocycles. The molecule has 1 atom stereocenters. The minimum Gasteiger partial charge on any atom is -0.259 e. The Balaban J connectivity index is 1.69. The van der Waals surface area contributed by atoms with E-state index in [0.717, 1.165) is 38.7 Å². The Morgan fingerprint density at radius 2 is 1.43 bits per heavy atom. The minimum atomic E-state index is -1.06. The summed E-state index contributed by atoms with van der Waals surface area (Å²) in [4.78, 5) is 13.8. The third-order valence-corrected chi connectivity index (χ3v) is 8.05. The Morgan fingerprint density at radius 1 is 0.743 bits per heavy atom. The predicted molar refractivity (Wildman–Crippen MR) is 141 cm³/mol. The maximum atomic E-state index is 13.5. The van der Waals surface area contributed by atoms with E-state index >= 15 is 0 Å². The fourth-order valence-electron chi connectivity index (χ4n) is 4.13. The third kappa shape index (κ3) is 4.37. The summed E-state index contributed by atoms with van der Waals surface area (Å²) in [6.45, 7) is 3.99. The molecule has 0 aliphatic carbocycles. The van der Waals surface area contributed by atoms with Gasteiger partial charge in [-0.15, -0.1) is 0 Å². The first-order chi connectivity index (χ1) is 16.8. The molecule has 0 saturated carbocycles. The van der Waals surface area contributed by atoms with E-state index in [9.17, 15) is 8.60 Å². The van der Waals surface area contributed by atoms with Crippen LogP contribution in [0.4, 0.5) is 4.39 Å². The molecule has 0 amide bonds. The van der Waals surface area contributed by atoms with Crippen molar-refractivity contribution in [2.75, 3.05) is 6.26 Å². The second-order valence-corrected chi connectivity index (χ2v) is 10.8. The van der Waals surface area contributed by atoms with Crippen molar-refractivity contribution in [3.05, 3.63) is 103 Å². The zero-order chi connectivity index (χ0) is 24.6. The fourth-order valence-corrected chi connectivity index (χ4v) is 4.58. The number of pyridine rings is 1. The SMILES string of the molecule is CS(=O)C(C)(C)c1cc(-c2cccc(-c3nccnc3-c3ccc(F)cc3)c2)c2ncccc2c1. The lowest BCUT2D eigenvalue weighted by Crippen LogP contribution is -2.22. The largest absolute Gasteiger partial charge is 0.259 e. The van der Waals surface area contributed by atoms with E-state index < -0.39 is 15.5 Å². The first-order valence-corrected chi connectivity index (χ1v) is 12.8. The molecule has 0 aliphatic rings. The van der Waals surface area contributed by atoms with Gasteiger partial charge in [0.2, 0.25) is 0 Å². The summed E-state index contributed by atoms with van der Waals surface area (Å²) in [5.74, 6) is -0.295. The van der Waals surface area contributed by atoms with Crippen molar-refractivity contribution < 1.29 is 8.60 Å². The summed E-state index contributed by atoms with van der Waals surface area (Å²) in [6.07, 6.45) is 6.82. The highest BCUT2D eigenvalue weighted by Gasteiger charge is 2.26. The highest BCUT2D eigenvalue weighted by atomic mass is 32.2. The van der Waals surface area contributed by atoms with Crippen LogP contribution in [0.2, 0.25) is 0 Å². The Kier molecular flexibility index (Phi) is 5.99. The van der Waals surface area contributed by atoms with Crippen molar-refractivity contribution in [3.8, 4) is 33.6 Å². The lowest BCUT2D eigenvalue weighted by atomic mass is 9.92. The number of fused-ring (bicyclic) bond motifs is 1. The van der Waals surface area contributed by atoms with Crippen molar-refractivity contribution in [2.45, 2.75) is 18.6 Å². The zero-order valence-corrected chi connectivity index (χ0v) is 20.5. The van der Waals surface area contributed by atoms with Gasteiger partial charge in [0.15, 0.2) is 0 Å². The van der Waals surface area contributed by atoms with Crippen molar-refractivity contribution in [1.29, 1.82) is 0 Å². The highest BCUT2D eigenvalue weighted by molar-refractivity contribution is 7.85. The van der Waals surface area contributed by atoms with Crippen LogP contribution in [0.5, 0.6) is 0 Å². The van der Waals surface area contributed by atoms with Gasteiger partial charge in [0.05, 0.1) is 21.7 Å². The number of rotatable bonds is 5. The molecule has 3 aromatic carbocycles.